The zero-order valence-corrected chi connectivity index (χ0v) is 8.75. The Labute approximate surface area is 82.3 Å². The summed E-state index contributed by atoms with van der Waals surface area (Å²) in [5.74, 6) is 0.642. The van der Waals surface area contributed by atoms with Gasteiger partial charge in [-0.15, -0.1) is 11.8 Å². The molecule has 1 aromatic carbocycles. The van der Waals surface area contributed by atoms with Crippen molar-refractivity contribution in [2.75, 3.05) is 0 Å². The Bertz CT molecular complexity index is 309. The molecule has 64 valence electrons. The highest BCUT2D eigenvalue weighted by Crippen LogP contribution is 2.47. The van der Waals surface area contributed by atoms with Gasteiger partial charge in [0.15, 0.2) is 0 Å². The fourth-order valence-corrected chi connectivity index (χ4v) is 3.16. The van der Waals surface area contributed by atoms with Crippen molar-refractivity contribution >= 4 is 23.4 Å². The highest BCUT2D eigenvalue weighted by atomic mass is 35.5. The van der Waals surface area contributed by atoms with Gasteiger partial charge in [0.25, 0.3) is 0 Å². The summed E-state index contributed by atoms with van der Waals surface area (Å²) in [6.07, 6.45) is 0. The quantitative estimate of drug-likeness (QED) is 0.609. The molecule has 0 aliphatic carbocycles. The second kappa shape index (κ2) is 2.97. The van der Waals surface area contributed by atoms with Gasteiger partial charge >= 0.3 is 0 Å². The predicted molar refractivity (Wildman–Crippen MR) is 55.2 cm³/mol. The fourth-order valence-electron chi connectivity index (χ4n) is 1.55. The summed E-state index contributed by atoms with van der Waals surface area (Å²) in [5, 5.41) is 1.58. The van der Waals surface area contributed by atoms with E-state index in [1.165, 1.54) is 10.5 Å². The van der Waals surface area contributed by atoms with E-state index in [4.69, 9.17) is 11.6 Å². The molecule has 0 spiro atoms. The molecule has 1 heterocycles. The number of hydrogen-bond acceptors (Lipinski definition) is 1. The van der Waals surface area contributed by atoms with Crippen LogP contribution < -0.4 is 0 Å². The molecule has 2 heteroatoms. The first-order chi connectivity index (χ1) is 5.70. The molecule has 1 aromatic rings. The zero-order chi connectivity index (χ0) is 8.72. The summed E-state index contributed by atoms with van der Waals surface area (Å²) in [5.41, 5.74) is 1.42. The summed E-state index contributed by atoms with van der Waals surface area (Å²) in [6.45, 7) is 4.52. The van der Waals surface area contributed by atoms with E-state index in [-0.39, 0.29) is 0 Å². The highest BCUT2D eigenvalue weighted by molar-refractivity contribution is 8.00. The van der Waals surface area contributed by atoms with Gasteiger partial charge in [0.05, 0.1) is 5.02 Å². The van der Waals surface area contributed by atoms with E-state index < -0.39 is 0 Å². The first kappa shape index (κ1) is 8.46. The van der Waals surface area contributed by atoms with Crippen molar-refractivity contribution in [3.63, 3.8) is 0 Å². The molecule has 0 aromatic heterocycles. The number of rotatable bonds is 0. The average molecular weight is 199 g/mol. The van der Waals surface area contributed by atoms with Crippen LogP contribution in [0.25, 0.3) is 0 Å². The molecule has 1 aliphatic heterocycles. The van der Waals surface area contributed by atoms with E-state index in [0.29, 0.717) is 11.2 Å². The molecule has 2 unspecified atom stereocenters. The number of halogens is 1. The van der Waals surface area contributed by atoms with Crippen molar-refractivity contribution < 1.29 is 0 Å². The van der Waals surface area contributed by atoms with E-state index in [1.54, 1.807) is 0 Å². The Balaban J connectivity index is 2.53. The number of fused-ring (bicyclic) bond motifs is 1. The molecule has 2 atom stereocenters. The van der Waals surface area contributed by atoms with Crippen molar-refractivity contribution in [2.24, 2.45) is 0 Å². The van der Waals surface area contributed by atoms with E-state index in [9.17, 15) is 0 Å². The lowest BCUT2D eigenvalue weighted by Gasteiger charge is -2.07. The molecule has 0 nitrogen and oxygen atoms in total. The van der Waals surface area contributed by atoms with Gasteiger partial charge in [0, 0.05) is 10.1 Å². The Hall–Kier alpha value is -0.140. The van der Waals surface area contributed by atoms with Crippen molar-refractivity contribution in [1.29, 1.82) is 0 Å². The normalized spacial score (nSPS) is 27.2. The van der Waals surface area contributed by atoms with Crippen LogP contribution in [-0.4, -0.2) is 5.25 Å². The lowest BCUT2D eigenvalue weighted by molar-refractivity contribution is 0.762. The van der Waals surface area contributed by atoms with Gasteiger partial charge in [0.2, 0.25) is 0 Å². The first-order valence-electron chi connectivity index (χ1n) is 4.15. The van der Waals surface area contributed by atoms with Crippen LogP contribution in [0, 0.1) is 0 Å². The second-order valence-electron chi connectivity index (χ2n) is 3.27. The Morgan fingerprint density at radius 2 is 2.08 bits per heavy atom. The van der Waals surface area contributed by atoms with Crippen LogP contribution in [0.1, 0.15) is 25.3 Å². The van der Waals surface area contributed by atoms with Gasteiger partial charge in [-0.1, -0.05) is 37.6 Å². The number of hydrogen-bond donors (Lipinski definition) is 0. The maximum Gasteiger partial charge on any atom is 0.0544 e. The maximum atomic E-state index is 6.08. The molecule has 0 saturated carbocycles. The lowest BCUT2D eigenvalue weighted by Crippen LogP contribution is -1.99. The molecule has 0 N–H and O–H groups in total. The second-order valence-corrected chi connectivity index (χ2v) is 5.06. The topological polar surface area (TPSA) is 0 Å². The van der Waals surface area contributed by atoms with Gasteiger partial charge in [-0.2, -0.15) is 0 Å². The standard InChI is InChI=1S/C10H11ClS/c1-6-7(2)12-10-8(6)4-3-5-9(10)11/h3-7H,1-2H3. The molecule has 1 aliphatic rings. The van der Waals surface area contributed by atoms with Crippen LogP contribution in [0.15, 0.2) is 23.1 Å². The summed E-state index contributed by atoms with van der Waals surface area (Å²) in [4.78, 5) is 1.29. The Morgan fingerprint density at radius 3 is 2.75 bits per heavy atom. The Morgan fingerprint density at radius 1 is 1.33 bits per heavy atom. The molecule has 0 amide bonds. The van der Waals surface area contributed by atoms with E-state index in [2.05, 4.69) is 19.9 Å². The zero-order valence-electron chi connectivity index (χ0n) is 7.17. The summed E-state index contributed by atoms with van der Waals surface area (Å²) in [7, 11) is 0. The van der Waals surface area contributed by atoms with Crippen LogP contribution in [-0.2, 0) is 0 Å². The fraction of sp³-hybridized carbons (Fsp3) is 0.400. The van der Waals surface area contributed by atoms with Crippen LogP contribution >= 0.6 is 23.4 Å². The van der Waals surface area contributed by atoms with Gasteiger partial charge in [-0.25, -0.2) is 0 Å². The van der Waals surface area contributed by atoms with Gasteiger partial charge in [-0.05, 0) is 17.5 Å². The summed E-state index contributed by atoms with van der Waals surface area (Å²) < 4.78 is 0. The molecule has 12 heavy (non-hydrogen) atoms. The third-order valence-electron chi connectivity index (χ3n) is 2.50. The molecule has 0 fully saturated rings. The maximum absolute atomic E-state index is 6.08. The summed E-state index contributed by atoms with van der Waals surface area (Å²) in [6, 6.07) is 6.19. The van der Waals surface area contributed by atoms with Crippen molar-refractivity contribution in [2.45, 2.75) is 29.9 Å². The SMILES string of the molecule is CC1Sc2c(Cl)cccc2C1C. The van der Waals surface area contributed by atoms with Crippen molar-refractivity contribution in [1.82, 2.24) is 0 Å². The van der Waals surface area contributed by atoms with E-state index >= 15 is 0 Å². The third-order valence-corrected chi connectivity index (χ3v) is 4.39. The minimum atomic E-state index is 0.642. The smallest absolute Gasteiger partial charge is 0.0544 e. The molecule has 0 saturated heterocycles. The van der Waals surface area contributed by atoms with Crippen molar-refractivity contribution in [3.05, 3.63) is 28.8 Å². The minimum absolute atomic E-state index is 0.642. The number of thioether (sulfide) groups is 1. The van der Waals surface area contributed by atoms with Crippen LogP contribution in [0.5, 0.6) is 0 Å². The molecule has 2 rings (SSSR count). The third kappa shape index (κ3) is 1.16. The predicted octanol–water partition coefficient (Wildman–Crippen LogP) is 3.94. The molecular formula is C10H11ClS. The average Bonchev–Trinajstić information content (AvgIpc) is 2.32. The van der Waals surface area contributed by atoms with Crippen LogP contribution in [0.2, 0.25) is 5.02 Å². The number of benzene rings is 1. The van der Waals surface area contributed by atoms with Gasteiger partial charge in [0.1, 0.15) is 0 Å². The van der Waals surface area contributed by atoms with Crippen LogP contribution in [0.4, 0.5) is 0 Å². The lowest BCUT2D eigenvalue weighted by atomic mass is 9.99. The van der Waals surface area contributed by atoms with Crippen LogP contribution in [0.3, 0.4) is 0 Å². The van der Waals surface area contributed by atoms with Gasteiger partial charge in [-0.3, -0.25) is 0 Å². The van der Waals surface area contributed by atoms with E-state index in [0.717, 1.165) is 5.02 Å². The first-order valence-corrected chi connectivity index (χ1v) is 5.41. The molecule has 0 bridgehead atoms. The minimum Gasteiger partial charge on any atom is -0.121 e. The largest absolute Gasteiger partial charge is 0.121 e. The highest BCUT2D eigenvalue weighted by Gasteiger charge is 2.27. The molecule has 0 radical (unpaired) electrons. The Kier molecular flexibility index (Phi) is 2.09. The summed E-state index contributed by atoms with van der Waals surface area (Å²) >= 11 is 7.97. The van der Waals surface area contributed by atoms with Gasteiger partial charge < -0.3 is 0 Å². The van der Waals surface area contributed by atoms with E-state index in [1.807, 2.05) is 23.9 Å². The molecular weight excluding hydrogens is 188 g/mol. The monoisotopic (exact) mass is 198 g/mol. The van der Waals surface area contributed by atoms with Crippen molar-refractivity contribution in [3.8, 4) is 0 Å².